The Balaban J connectivity index is 1.62. The Bertz CT molecular complexity index is 1150. The molecule has 0 aromatic heterocycles. The maximum atomic E-state index is 6.26. The molecule has 0 aliphatic carbocycles. The normalized spacial score (nSPS) is 11.6. The van der Waals surface area contributed by atoms with E-state index in [9.17, 15) is 0 Å². The minimum atomic E-state index is 0.336. The number of aliphatic imine (C=N–C) groups is 1. The second-order valence-corrected chi connectivity index (χ2v) is 7.31. The Morgan fingerprint density at radius 2 is 1.45 bits per heavy atom. The van der Waals surface area contributed by atoms with Gasteiger partial charge in [0.25, 0.3) is 0 Å². The number of fused-ring (bicyclic) bond motifs is 2. The van der Waals surface area contributed by atoms with E-state index in [0.717, 1.165) is 5.69 Å². The number of para-hydroxylation sites is 1. The first-order valence-corrected chi connectivity index (χ1v) is 9.83. The predicted molar refractivity (Wildman–Crippen MR) is 127 cm³/mol. The van der Waals surface area contributed by atoms with Crippen LogP contribution in [-0.2, 0) is 6.54 Å². The van der Waals surface area contributed by atoms with Crippen molar-refractivity contribution in [2.24, 2.45) is 10.7 Å². The van der Waals surface area contributed by atoms with Crippen LogP contribution in [0.4, 0.5) is 5.69 Å². The number of hydrogen-bond acceptors (Lipinski definition) is 1. The number of nitrogens with two attached hydrogens (primary N) is 1. The SMILES string of the molecule is CN(Cc1c2ccccc2cc2ccccc12)/C(N)=N/C(=S)Nc1ccccc1. The molecule has 0 aliphatic rings. The summed E-state index contributed by atoms with van der Waals surface area (Å²) in [6.45, 7) is 0.630. The first-order valence-electron chi connectivity index (χ1n) is 9.42. The molecule has 0 spiro atoms. The molecule has 0 saturated carbocycles. The zero-order valence-corrected chi connectivity index (χ0v) is 17.0. The Hall–Kier alpha value is -3.44. The van der Waals surface area contributed by atoms with E-state index in [0.29, 0.717) is 17.6 Å². The number of rotatable bonds is 3. The first kappa shape index (κ1) is 18.9. The van der Waals surface area contributed by atoms with E-state index < -0.39 is 0 Å². The molecule has 0 aliphatic heterocycles. The summed E-state index contributed by atoms with van der Waals surface area (Å²) in [5.41, 5.74) is 8.37. The van der Waals surface area contributed by atoms with Crippen LogP contribution in [-0.4, -0.2) is 23.0 Å². The third-order valence-electron chi connectivity index (χ3n) is 4.91. The summed E-state index contributed by atoms with van der Waals surface area (Å²) in [6.07, 6.45) is 0. The van der Waals surface area contributed by atoms with Crippen LogP contribution in [0.2, 0.25) is 0 Å². The van der Waals surface area contributed by atoms with E-state index in [4.69, 9.17) is 18.0 Å². The minimum Gasteiger partial charge on any atom is -0.369 e. The second-order valence-electron chi connectivity index (χ2n) is 6.92. The van der Waals surface area contributed by atoms with E-state index in [1.807, 2.05) is 42.3 Å². The van der Waals surface area contributed by atoms with E-state index in [2.05, 4.69) is 64.9 Å². The number of benzene rings is 4. The summed E-state index contributed by atoms with van der Waals surface area (Å²) >= 11 is 5.34. The van der Waals surface area contributed by atoms with Crippen LogP contribution in [0, 0.1) is 0 Å². The van der Waals surface area contributed by atoms with E-state index >= 15 is 0 Å². The molecule has 4 nitrogen and oxygen atoms in total. The average molecular weight is 399 g/mol. The van der Waals surface area contributed by atoms with Crippen LogP contribution >= 0.6 is 12.2 Å². The number of nitrogens with zero attached hydrogens (tertiary/aromatic N) is 2. The highest BCUT2D eigenvalue weighted by molar-refractivity contribution is 7.80. The van der Waals surface area contributed by atoms with E-state index in [-0.39, 0.29) is 0 Å². The molecule has 0 amide bonds. The first-order chi connectivity index (χ1) is 14.1. The van der Waals surface area contributed by atoms with E-state index in [1.165, 1.54) is 27.1 Å². The molecule has 4 aromatic rings. The third-order valence-corrected chi connectivity index (χ3v) is 5.10. The van der Waals surface area contributed by atoms with Crippen molar-refractivity contribution < 1.29 is 0 Å². The fourth-order valence-electron chi connectivity index (χ4n) is 3.46. The smallest absolute Gasteiger partial charge is 0.200 e. The molecule has 0 saturated heterocycles. The van der Waals surface area contributed by atoms with Crippen molar-refractivity contribution in [2.75, 3.05) is 12.4 Å². The van der Waals surface area contributed by atoms with Gasteiger partial charge < -0.3 is 16.0 Å². The fraction of sp³-hybridized carbons (Fsp3) is 0.0833. The topological polar surface area (TPSA) is 53.6 Å². The Kier molecular flexibility index (Phi) is 5.40. The zero-order chi connectivity index (χ0) is 20.2. The van der Waals surface area contributed by atoms with Gasteiger partial charge in [0, 0.05) is 19.3 Å². The molecule has 0 radical (unpaired) electrons. The van der Waals surface area contributed by atoms with Gasteiger partial charge in [0.1, 0.15) is 0 Å². The zero-order valence-electron chi connectivity index (χ0n) is 16.2. The largest absolute Gasteiger partial charge is 0.369 e. The Labute approximate surface area is 175 Å². The van der Waals surface area contributed by atoms with Crippen LogP contribution < -0.4 is 11.1 Å². The molecular weight excluding hydrogens is 376 g/mol. The van der Waals surface area contributed by atoms with Gasteiger partial charge in [-0.3, -0.25) is 0 Å². The quantitative estimate of drug-likeness (QED) is 0.217. The monoisotopic (exact) mass is 398 g/mol. The maximum absolute atomic E-state index is 6.26. The van der Waals surface area contributed by atoms with Crippen LogP contribution in [0.15, 0.2) is 89.9 Å². The van der Waals surface area contributed by atoms with Gasteiger partial charge in [0.15, 0.2) is 5.96 Å². The predicted octanol–water partition coefficient (Wildman–Crippen LogP) is 5.14. The molecule has 0 heterocycles. The molecule has 144 valence electrons. The number of anilines is 1. The van der Waals surface area contributed by atoms with Crippen molar-refractivity contribution >= 4 is 50.5 Å². The molecule has 4 rings (SSSR count). The van der Waals surface area contributed by atoms with Gasteiger partial charge in [-0.15, -0.1) is 0 Å². The summed E-state index contributed by atoms with van der Waals surface area (Å²) in [5, 5.41) is 8.29. The molecule has 0 fully saturated rings. The number of hydrogen-bond donors (Lipinski definition) is 2. The van der Waals surface area contributed by atoms with Gasteiger partial charge in [-0.25, -0.2) is 0 Å². The van der Waals surface area contributed by atoms with Crippen molar-refractivity contribution in [3.8, 4) is 0 Å². The van der Waals surface area contributed by atoms with Crippen LogP contribution in [0.25, 0.3) is 21.5 Å². The van der Waals surface area contributed by atoms with Gasteiger partial charge in [0.05, 0.1) is 0 Å². The number of guanidine groups is 1. The molecule has 3 N–H and O–H groups in total. The Morgan fingerprint density at radius 1 is 0.897 bits per heavy atom. The summed E-state index contributed by atoms with van der Waals surface area (Å²) in [7, 11) is 1.93. The number of thiocarbonyl (C=S) groups is 1. The minimum absolute atomic E-state index is 0.336. The molecule has 29 heavy (non-hydrogen) atoms. The maximum Gasteiger partial charge on any atom is 0.200 e. The lowest BCUT2D eigenvalue weighted by Crippen LogP contribution is -2.34. The molecule has 0 atom stereocenters. The van der Waals surface area contributed by atoms with Crippen molar-refractivity contribution in [2.45, 2.75) is 6.54 Å². The van der Waals surface area contributed by atoms with Crippen molar-refractivity contribution in [1.29, 1.82) is 0 Å². The highest BCUT2D eigenvalue weighted by atomic mass is 32.1. The van der Waals surface area contributed by atoms with Crippen molar-refractivity contribution in [1.82, 2.24) is 4.90 Å². The van der Waals surface area contributed by atoms with Crippen molar-refractivity contribution in [3.05, 3.63) is 90.5 Å². The molecule has 0 bridgehead atoms. The molecule has 0 unspecified atom stereocenters. The van der Waals surface area contributed by atoms with Gasteiger partial charge in [-0.05, 0) is 57.5 Å². The van der Waals surface area contributed by atoms with Gasteiger partial charge in [-0.1, -0.05) is 66.7 Å². The van der Waals surface area contributed by atoms with Crippen LogP contribution in [0.1, 0.15) is 5.56 Å². The van der Waals surface area contributed by atoms with Crippen LogP contribution in [0.5, 0.6) is 0 Å². The van der Waals surface area contributed by atoms with Gasteiger partial charge in [0.2, 0.25) is 5.11 Å². The second kappa shape index (κ2) is 8.29. The fourth-order valence-corrected chi connectivity index (χ4v) is 3.67. The summed E-state index contributed by atoms with van der Waals surface area (Å²) in [6, 6.07) is 28.8. The van der Waals surface area contributed by atoms with Gasteiger partial charge >= 0.3 is 0 Å². The lowest BCUT2D eigenvalue weighted by atomic mass is 9.96. The van der Waals surface area contributed by atoms with Crippen LogP contribution in [0.3, 0.4) is 0 Å². The number of nitrogens with one attached hydrogen (secondary N) is 1. The molecule has 4 aromatic carbocycles. The third kappa shape index (κ3) is 4.20. The highest BCUT2D eigenvalue weighted by Gasteiger charge is 2.11. The molecule has 5 heteroatoms. The average Bonchev–Trinajstić information content (AvgIpc) is 2.74. The standard InChI is InChI=1S/C24H22N4S/c1-28(23(25)27-24(29)26-19-11-3-2-4-12-19)16-22-20-13-7-5-9-17(20)15-18-10-6-8-14-21(18)22/h2-15H,16H2,1H3,(H3,25,26,27,29). The summed E-state index contributed by atoms with van der Waals surface area (Å²) in [4.78, 5) is 6.29. The van der Waals surface area contributed by atoms with Gasteiger partial charge in [-0.2, -0.15) is 4.99 Å². The molecular formula is C24H22N4S. The van der Waals surface area contributed by atoms with Crippen molar-refractivity contribution in [3.63, 3.8) is 0 Å². The highest BCUT2D eigenvalue weighted by Crippen LogP contribution is 2.29. The lowest BCUT2D eigenvalue weighted by Gasteiger charge is -2.21. The Morgan fingerprint density at radius 3 is 2.07 bits per heavy atom. The summed E-state index contributed by atoms with van der Waals surface area (Å²) in [5.74, 6) is 0.371. The van der Waals surface area contributed by atoms with E-state index in [1.54, 1.807) is 0 Å². The summed E-state index contributed by atoms with van der Waals surface area (Å²) < 4.78 is 0. The lowest BCUT2D eigenvalue weighted by molar-refractivity contribution is 0.499.